The van der Waals surface area contributed by atoms with Crippen molar-refractivity contribution in [1.82, 2.24) is 0 Å². The Morgan fingerprint density at radius 2 is 1.67 bits per heavy atom. The molecular weight excluding hydrogens is 218 g/mol. The lowest BCUT2D eigenvalue weighted by Crippen LogP contribution is -2.47. The number of benzene rings is 1. The predicted octanol–water partition coefficient (Wildman–Crippen LogP) is 4.55. The highest BCUT2D eigenvalue weighted by Crippen LogP contribution is 2.30. The van der Waals surface area contributed by atoms with Gasteiger partial charge in [-0.05, 0) is 37.2 Å². The van der Waals surface area contributed by atoms with Crippen LogP contribution in [0.25, 0.3) is 0 Å². The minimum atomic E-state index is 0.00497. The molecule has 0 saturated heterocycles. The van der Waals surface area contributed by atoms with Gasteiger partial charge in [-0.1, -0.05) is 63.9 Å². The van der Waals surface area contributed by atoms with Crippen LogP contribution in [0.4, 0.5) is 0 Å². The summed E-state index contributed by atoms with van der Waals surface area (Å²) in [6.07, 6.45) is 7.07. The highest BCUT2D eigenvalue weighted by molar-refractivity contribution is 5.16. The molecule has 0 radical (unpaired) electrons. The minimum Gasteiger partial charge on any atom is -0.325 e. The molecule has 18 heavy (non-hydrogen) atoms. The van der Waals surface area contributed by atoms with E-state index in [2.05, 4.69) is 51.1 Å². The first kappa shape index (κ1) is 15.2. The molecule has 0 fully saturated rings. The van der Waals surface area contributed by atoms with E-state index >= 15 is 0 Å². The third-order valence-corrected chi connectivity index (χ3v) is 4.36. The van der Waals surface area contributed by atoms with Crippen molar-refractivity contribution in [2.24, 2.45) is 11.7 Å². The van der Waals surface area contributed by atoms with Crippen molar-refractivity contribution in [3.05, 3.63) is 35.9 Å². The van der Waals surface area contributed by atoms with E-state index < -0.39 is 0 Å². The second kappa shape index (κ2) is 7.58. The summed E-state index contributed by atoms with van der Waals surface area (Å²) in [5, 5.41) is 0. The van der Waals surface area contributed by atoms with Crippen LogP contribution < -0.4 is 5.73 Å². The summed E-state index contributed by atoms with van der Waals surface area (Å²) in [7, 11) is 0. The third-order valence-electron chi connectivity index (χ3n) is 4.36. The standard InChI is InChI=1S/C17H29N/c1-4-7-13-16(17(18,5-2)6-3)14-15-11-9-8-10-12-15/h8-12,16H,4-7,13-14,18H2,1-3H3. The van der Waals surface area contributed by atoms with Crippen LogP contribution in [0.1, 0.15) is 58.4 Å². The summed E-state index contributed by atoms with van der Waals surface area (Å²) in [6, 6.07) is 10.8. The van der Waals surface area contributed by atoms with Gasteiger partial charge in [0.05, 0.1) is 0 Å². The zero-order valence-corrected chi connectivity index (χ0v) is 12.3. The number of rotatable bonds is 8. The summed E-state index contributed by atoms with van der Waals surface area (Å²) in [5.74, 6) is 0.606. The van der Waals surface area contributed by atoms with Gasteiger partial charge >= 0.3 is 0 Å². The van der Waals surface area contributed by atoms with Gasteiger partial charge in [0.15, 0.2) is 0 Å². The summed E-state index contributed by atoms with van der Waals surface area (Å²) >= 11 is 0. The van der Waals surface area contributed by atoms with Gasteiger partial charge in [-0.2, -0.15) is 0 Å². The molecule has 1 aromatic carbocycles. The van der Waals surface area contributed by atoms with Gasteiger partial charge in [-0.25, -0.2) is 0 Å². The van der Waals surface area contributed by atoms with Crippen molar-refractivity contribution in [3.63, 3.8) is 0 Å². The van der Waals surface area contributed by atoms with E-state index in [0.29, 0.717) is 5.92 Å². The maximum absolute atomic E-state index is 6.63. The zero-order chi connectivity index (χ0) is 13.4. The molecule has 0 aromatic heterocycles. The molecule has 1 heteroatoms. The highest BCUT2D eigenvalue weighted by atomic mass is 14.7. The molecule has 0 amide bonds. The second-order valence-corrected chi connectivity index (χ2v) is 5.47. The third kappa shape index (κ3) is 4.13. The fourth-order valence-electron chi connectivity index (χ4n) is 2.77. The van der Waals surface area contributed by atoms with E-state index in [-0.39, 0.29) is 5.54 Å². The first-order valence-electron chi connectivity index (χ1n) is 7.49. The molecule has 0 bridgehead atoms. The quantitative estimate of drug-likeness (QED) is 0.716. The van der Waals surface area contributed by atoms with Crippen molar-refractivity contribution in [2.75, 3.05) is 0 Å². The van der Waals surface area contributed by atoms with Crippen molar-refractivity contribution < 1.29 is 0 Å². The maximum atomic E-state index is 6.63. The van der Waals surface area contributed by atoms with E-state index in [0.717, 1.165) is 19.3 Å². The summed E-state index contributed by atoms with van der Waals surface area (Å²) in [4.78, 5) is 0. The van der Waals surface area contributed by atoms with Crippen LogP contribution in [-0.4, -0.2) is 5.54 Å². The highest BCUT2D eigenvalue weighted by Gasteiger charge is 2.30. The Hall–Kier alpha value is -0.820. The fraction of sp³-hybridized carbons (Fsp3) is 0.647. The summed E-state index contributed by atoms with van der Waals surface area (Å²) < 4.78 is 0. The molecule has 0 saturated carbocycles. The normalized spacial score (nSPS) is 13.6. The van der Waals surface area contributed by atoms with Crippen LogP contribution >= 0.6 is 0 Å². The van der Waals surface area contributed by atoms with Gasteiger partial charge in [-0.15, -0.1) is 0 Å². The van der Waals surface area contributed by atoms with Crippen molar-refractivity contribution >= 4 is 0 Å². The van der Waals surface area contributed by atoms with E-state index in [1.165, 1.54) is 24.8 Å². The molecule has 0 aliphatic carbocycles. The summed E-state index contributed by atoms with van der Waals surface area (Å²) in [6.45, 7) is 6.72. The Morgan fingerprint density at radius 3 is 2.17 bits per heavy atom. The largest absolute Gasteiger partial charge is 0.325 e. The Kier molecular flexibility index (Phi) is 6.42. The van der Waals surface area contributed by atoms with Crippen LogP contribution in [0.2, 0.25) is 0 Å². The van der Waals surface area contributed by atoms with E-state index in [1.54, 1.807) is 0 Å². The molecule has 0 spiro atoms. The van der Waals surface area contributed by atoms with Crippen LogP contribution in [0, 0.1) is 5.92 Å². The number of unbranched alkanes of at least 4 members (excludes halogenated alkanes) is 1. The molecule has 2 N–H and O–H groups in total. The van der Waals surface area contributed by atoms with Crippen LogP contribution in [0.15, 0.2) is 30.3 Å². The molecule has 102 valence electrons. The van der Waals surface area contributed by atoms with Gasteiger partial charge < -0.3 is 5.73 Å². The Labute approximate surface area is 113 Å². The van der Waals surface area contributed by atoms with Crippen molar-refractivity contribution in [1.29, 1.82) is 0 Å². The molecule has 0 heterocycles. The SMILES string of the molecule is CCCCC(Cc1ccccc1)C(N)(CC)CC. The molecule has 1 rings (SSSR count). The molecule has 1 nitrogen and oxygen atoms in total. The molecule has 1 unspecified atom stereocenters. The van der Waals surface area contributed by atoms with Crippen molar-refractivity contribution in [2.45, 2.75) is 64.8 Å². The van der Waals surface area contributed by atoms with Crippen molar-refractivity contribution in [3.8, 4) is 0 Å². The average Bonchev–Trinajstić information content (AvgIpc) is 2.43. The lowest BCUT2D eigenvalue weighted by molar-refractivity contribution is 0.231. The fourth-order valence-corrected chi connectivity index (χ4v) is 2.77. The zero-order valence-electron chi connectivity index (χ0n) is 12.3. The average molecular weight is 247 g/mol. The summed E-state index contributed by atoms with van der Waals surface area (Å²) in [5.41, 5.74) is 8.06. The smallest absolute Gasteiger partial charge is 0.0180 e. The monoisotopic (exact) mass is 247 g/mol. The maximum Gasteiger partial charge on any atom is 0.0180 e. The second-order valence-electron chi connectivity index (χ2n) is 5.47. The van der Waals surface area contributed by atoms with Crippen LogP contribution in [0.3, 0.4) is 0 Å². The van der Waals surface area contributed by atoms with Gasteiger partial charge in [0.2, 0.25) is 0 Å². The van der Waals surface area contributed by atoms with Gasteiger partial charge in [-0.3, -0.25) is 0 Å². The number of hydrogen-bond donors (Lipinski definition) is 1. The Balaban J connectivity index is 2.78. The molecule has 1 aromatic rings. The lowest BCUT2D eigenvalue weighted by atomic mass is 9.74. The number of hydrogen-bond acceptors (Lipinski definition) is 1. The van der Waals surface area contributed by atoms with Gasteiger partial charge in [0.25, 0.3) is 0 Å². The van der Waals surface area contributed by atoms with Gasteiger partial charge in [0, 0.05) is 5.54 Å². The van der Waals surface area contributed by atoms with E-state index in [1.807, 2.05) is 0 Å². The molecular formula is C17H29N. The lowest BCUT2D eigenvalue weighted by Gasteiger charge is -2.36. The number of nitrogens with two attached hydrogens (primary N) is 1. The first-order chi connectivity index (χ1) is 8.66. The Morgan fingerprint density at radius 1 is 1.06 bits per heavy atom. The first-order valence-corrected chi connectivity index (χ1v) is 7.49. The Bertz CT molecular complexity index is 314. The van der Waals surface area contributed by atoms with E-state index in [9.17, 15) is 0 Å². The predicted molar refractivity (Wildman–Crippen MR) is 80.7 cm³/mol. The van der Waals surface area contributed by atoms with Crippen LogP contribution in [-0.2, 0) is 6.42 Å². The molecule has 0 aliphatic rings. The van der Waals surface area contributed by atoms with E-state index in [4.69, 9.17) is 5.73 Å². The molecule has 0 aliphatic heterocycles. The van der Waals surface area contributed by atoms with Crippen LogP contribution in [0.5, 0.6) is 0 Å². The topological polar surface area (TPSA) is 26.0 Å². The van der Waals surface area contributed by atoms with Gasteiger partial charge in [0.1, 0.15) is 0 Å². The molecule has 1 atom stereocenters. The minimum absolute atomic E-state index is 0.00497.